The summed E-state index contributed by atoms with van der Waals surface area (Å²) >= 11 is 5.03. The van der Waals surface area contributed by atoms with Crippen molar-refractivity contribution in [3.05, 3.63) is 24.2 Å². The summed E-state index contributed by atoms with van der Waals surface area (Å²) in [4.78, 5) is 0. The molecule has 0 atom stereocenters. The lowest BCUT2D eigenvalue weighted by Gasteiger charge is -2.05. The molecule has 5 heteroatoms. The first-order chi connectivity index (χ1) is 7.83. The molecule has 4 nitrogen and oxygen atoms in total. The molecule has 0 aliphatic carbocycles. The SMILES string of the molecule is CCCCCNC(=S)N/N=C\c1ccco1. The average Bonchev–Trinajstić information content (AvgIpc) is 2.77. The van der Waals surface area contributed by atoms with Gasteiger partial charge in [0.2, 0.25) is 0 Å². The van der Waals surface area contributed by atoms with Crippen LogP contribution in [-0.2, 0) is 0 Å². The summed E-state index contributed by atoms with van der Waals surface area (Å²) in [6.45, 7) is 3.06. The van der Waals surface area contributed by atoms with E-state index in [0.717, 1.165) is 13.0 Å². The molecule has 0 spiro atoms. The Bertz CT molecular complexity index is 322. The zero-order chi connectivity index (χ0) is 11.6. The second kappa shape index (κ2) is 7.87. The monoisotopic (exact) mass is 239 g/mol. The molecule has 0 saturated heterocycles. The third-order valence-electron chi connectivity index (χ3n) is 1.97. The van der Waals surface area contributed by atoms with Crippen LogP contribution in [0.1, 0.15) is 31.9 Å². The molecule has 1 aromatic heterocycles. The van der Waals surface area contributed by atoms with E-state index < -0.39 is 0 Å². The summed E-state index contributed by atoms with van der Waals surface area (Å²) in [5, 5.41) is 7.55. The smallest absolute Gasteiger partial charge is 0.186 e. The maximum absolute atomic E-state index is 5.08. The zero-order valence-corrected chi connectivity index (χ0v) is 10.2. The summed E-state index contributed by atoms with van der Waals surface area (Å²) in [7, 11) is 0. The Hall–Kier alpha value is -1.36. The van der Waals surface area contributed by atoms with Gasteiger partial charge in [-0.15, -0.1) is 0 Å². The minimum atomic E-state index is 0.541. The fourth-order valence-electron chi connectivity index (χ4n) is 1.14. The Balaban J connectivity index is 2.10. The van der Waals surface area contributed by atoms with Crippen LogP contribution in [-0.4, -0.2) is 17.9 Å². The first-order valence-electron chi connectivity index (χ1n) is 5.43. The number of furan rings is 1. The summed E-state index contributed by atoms with van der Waals surface area (Å²) in [6.07, 6.45) is 6.73. The summed E-state index contributed by atoms with van der Waals surface area (Å²) in [5.41, 5.74) is 2.73. The predicted octanol–water partition coefficient (Wildman–Crippen LogP) is 2.27. The van der Waals surface area contributed by atoms with Crippen LogP contribution < -0.4 is 10.7 Å². The maximum atomic E-state index is 5.08. The van der Waals surface area contributed by atoms with Crippen LogP contribution in [0.25, 0.3) is 0 Å². The Labute approximate surface area is 101 Å². The quantitative estimate of drug-likeness (QED) is 0.346. The molecule has 0 aromatic carbocycles. The number of rotatable bonds is 6. The van der Waals surface area contributed by atoms with Crippen LogP contribution >= 0.6 is 12.2 Å². The van der Waals surface area contributed by atoms with Crippen molar-refractivity contribution < 1.29 is 4.42 Å². The molecule has 0 aliphatic heterocycles. The third kappa shape index (κ3) is 5.50. The molecular formula is C11H17N3OS. The molecule has 0 amide bonds. The molecule has 88 valence electrons. The van der Waals surface area contributed by atoms with Gasteiger partial charge in [0.15, 0.2) is 5.11 Å². The second-order valence-corrected chi connectivity index (χ2v) is 3.76. The molecule has 0 radical (unpaired) electrons. The Morgan fingerprint density at radius 1 is 1.56 bits per heavy atom. The van der Waals surface area contributed by atoms with Crippen molar-refractivity contribution in [2.24, 2.45) is 5.10 Å². The summed E-state index contributed by atoms with van der Waals surface area (Å²) in [6, 6.07) is 3.63. The van der Waals surface area contributed by atoms with Crippen molar-refractivity contribution in [1.82, 2.24) is 10.7 Å². The Morgan fingerprint density at radius 2 is 2.44 bits per heavy atom. The number of hydrazone groups is 1. The molecule has 16 heavy (non-hydrogen) atoms. The van der Waals surface area contributed by atoms with Gasteiger partial charge in [0.05, 0.1) is 12.5 Å². The van der Waals surface area contributed by atoms with Crippen LogP contribution in [0.15, 0.2) is 27.9 Å². The standard InChI is InChI=1S/C11H17N3OS/c1-2-3-4-7-12-11(16)14-13-9-10-6-5-8-15-10/h5-6,8-9H,2-4,7H2,1H3,(H2,12,14,16)/b13-9-. The largest absolute Gasteiger partial charge is 0.463 e. The van der Waals surface area contributed by atoms with E-state index in [1.165, 1.54) is 12.8 Å². The topological polar surface area (TPSA) is 49.6 Å². The highest BCUT2D eigenvalue weighted by molar-refractivity contribution is 7.80. The lowest BCUT2D eigenvalue weighted by atomic mass is 10.2. The molecule has 0 fully saturated rings. The van der Waals surface area contributed by atoms with E-state index in [-0.39, 0.29) is 0 Å². The Kier molecular flexibility index (Phi) is 6.25. The summed E-state index contributed by atoms with van der Waals surface area (Å²) < 4.78 is 5.08. The number of nitrogens with zero attached hydrogens (tertiary/aromatic N) is 1. The number of hydrogen-bond acceptors (Lipinski definition) is 3. The second-order valence-electron chi connectivity index (χ2n) is 3.35. The lowest BCUT2D eigenvalue weighted by molar-refractivity contribution is 0.560. The molecular weight excluding hydrogens is 222 g/mol. The van der Waals surface area contributed by atoms with E-state index >= 15 is 0 Å². The minimum absolute atomic E-state index is 0.541. The van der Waals surface area contributed by atoms with Crippen LogP contribution in [0, 0.1) is 0 Å². The molecule has 0 unspecified atom stereocenters. The van der Waals surface area contributed by atoms with E-state index in [2.05, 4.69) is 22.8 Å². The van der Waals surface area contributed by atoms with Crippen molar-refractivity contribution in [2.45, 2.75) is 26.2 Å². The van der Waals surface area contributed by atoms with Crippen LogP contribution in [0.2, 0.25) is 0 Å². The van der Waals surface area contributed by atoms with E-state index in [0.29, 0.717) is 10.9 Å². The van der Waals surface area contributed by atoms with E-state index in [9.17, 15) is 0 Å². The van der Waals surface area contributed by atoms with Crippen molar-refractivity contribution in [3.8, 4) is 0 Å². The van der Waals surface area contributed by atoms with Gasteiger partial charge in [-0.05, 0) is 30.8 Å². The first-order valence-corrected chi connectivity index (χ1v) is 5.84. The highest BCUT2D eigenvalue weighted by atomic mass is 32.1. The molecule has 0 bridgehead atoms. The van der Waals surface area contributed by atoms with Gasteiger partial charge in [-0.1, -0.05) is 19.8 Å². The lowest BCUT2D eigenvalue weighted by Crippen LogP contribution is -2.32. The van der Waals surface area contributed by atoms with Gasteiger partial charge in [-0.2, -0.15) is 5.10 Å². The van der Waals surface area contributed by atoms with Gasteiger partial charge in [-0.3, -0.25) is 5.43 Å². The van der Waals surface area contributed by atoms with Crippen LogP contribution in [0.3, 0.4) is 0 Å². The summed E-state index contributed by atoms with van der Waals surface area (Å²) in [5.74, 6) is 0.696. The van der Waals surface area contributed by atoms with Crippen molar-refractivity contribution >= 4 is 23.5 Å². The highest BCUT2D eigenvalue weighted by Crippen LogP contribution is 1.94. The molecule has 1 aromatic rings. The Morgan fingerprint density at radius 3 is 3.12 bits per heavy atom. The van der Waals surface area contributed by atoms with E-state index in [1.54, 1.807) is 12.5 Å². The van der Waals surface area contributed by atoms with Gasteiger partial charge < -0.3 is 9.73 Å². The van der Waals surface area contributed by atoms with Gasteiger partial charge in [0, 0.05) is 6.54 Å². The maximum Gasteiger partial charge on any atom is 0.186 e. The molecule has 2 N–H and O–H groups in total. The van der Waals surface area contributed by atoms with Crippen molar-refractivity contribution in [1.29, 1.82) is 0 Å². The number of hydrogen-bond donors (Lipinski definition) is 2. The third-order valence-corrected chi connectivity index (χ3v) is 2.20. The molecule has 1 heterocycles. The fraction of sp³-hybridized carbons (Fsp3) is 0.455. The van der Waals surface area contributed by atoms with Crippen LogP contribution in [0.5, 0.6) is 0 Å². The normalized spacial score (nSPS) is 10.6. The zero-order valence-electron chi connectivity index (χ0n) is 9.40. The highest BCUT2D eigenvalue weighted by Gasteiger charge is 1.92. The number of nitrogens with one attached hydrogen (secondary N) is 2. The molecule has 1 rings (SSSR count). The van der Waals surface area contributed by atoms with Crippen molar-refractivity contribution in [2.75, 3.05) is 6.54 Å². The molecule has 0 saturated carbocycles. The number of unbranched alkanes of at least 4 members (excludes halogenated alkanes) is 2. The number of thiocarbonyl (C=S) groups is 1. The van der Waals surface area contributed by atoms with Gasteiger partial charge >= 0.3 is 0 Å². The molecule has 0 aliphatic rings. The minimum Gasteiger partial charge on any atom is -0.463 e. The van der Waals surface area contributed by atoms with E-state index in [4.69, 9.17) is 16.6 Å². The van der Waals surface area contributed by atoms with Crippen LogP contribution in [0.4, 0.5) is 0 Å². The fourth-order valence-corrected chi connectivity index (χ4v) is 1.29. The van der Waals surface area contributed by atoms with Gasteiger partial charge in [0.1, 0.15) is 5.76 Å². The average molecular weight is 239 g/mol. The van der Waals surface area contributed by atoms with E-state index in [1.807, 2.05) is 12.1 Å². The first kappa shape index (κ1) is 12.7. The predicted molar refractivity (Wildman–Crippen MR) is 69.6 cm³/mol. The van der Waals surface area contributed by atoms with Gasteiger partial charge in [0.25, 0.3) is 0 Å². The van der Waals surface area contributed by atoms with Gasteiger partial charge in [-0.25, -0.2) is 0 Å². The van der Waals surface area contributed by atoms with Crippen molar-refractivity contribution in [3.63, 3.8) is 0 Å².